The van der Waals surface area contributed by atoms with Gasteiger partial charge in [0.1, 0.15) is 11.1 Å². The van der Waals surface area contributed by atoms with Crippen molar-refractivity contribution in [1.29, 1.82) is 5.26 Å². The lowest BCUT2D eigenvalue weighted by Crippen LogP contribution is -2.21. The third kappa shape index (κ3) is 4.05. The Hall–Kier alpha value is -3.24. The number of esters is 1. The number of fused-ring (bicyclic) bond motifs is 2. The molecule has 1 amide bonds. The standard InChI is InChI=1S/C23H21N3O3S/c1-14-11-17(15-7-5-6-9-19(15)25-14)23(28)29-13-21(27)26-22-18(12-24)16-8-3-2-4-10-20(16)30-22/h5-7,9,11H,2-4,8,10,13H2,1H3,(H,26,27). The van der Waals surface area contributed by atoms with Crippen molar-refractivity contribution in [3.8, 4) is 6.07 Å². The lowest BCUT2D eigenvalue weighted by molar-refractivity contribution is -0.119. The van der Waals surface area contributed by atoms with Gasteiger partial charge in [-0.15, -0.1) is 11.3 Å². The fourth-order valence-electron chi connectivity index (χ4n) is 3.80. The fourth-order valence-corrected chi connectivity index (χ4v) is 5.05. The number of anilines is 1. The Morgan fingerprint density at radius 3 is 2.87 bits per heavy atom. The molecule has 1 N–H and O–H groups in total. The first kappa shape index (κ1) is 20.0. The van der Waals surface area contributed by atoms with E-state index in [1.165, 1.54) is 16.2 Å². The molecule has 0 aliphatic heterocycles. The molecule has 0 spiro atoms. The van der Waals surface area contributed by atoms with Crippen molar-refractivity contribution in [2.75, 3.05) is 11.9 Å². The Bertz CT molecular complexity index is 1180. The van der Waals surface area contributed by atoms with Crippen molar-refractivity contribution in [2.45, 2.75) is 39.0 Å². The molecule has 152 valence electrons. The van der Waals surface area contributed by atoms with E-state index in [1.807, 2.05) is 18.2 Å². The van der Waals surface area contributed by atoms with Crippen molar-refractivity contribution in [1.82, 2.24) is 4.98 Å². The molecule has 0 radical (unpaired) electrons. The normalized spacial score (nSPS) is 13.2. The van der Waals surface area contributed by atoms with E-state index >= 15 is 0 Å². The molecule has 0 saturated carbocycles. The number of thiophene rings is 1. The maximum atomic E-state index is 12.6. The van der Waals surface area contributed by atoms with E-state index in [4.69, 9.17) is 4.74 Å². The zero-order valence-electron chi connectivity index (χ0n) is 16.7. The molecule has 7 heteroatoms. The average molecular weight is 420 g/mol. The third-order valence-corrected chi connectivity index (χ3v) is 6.39. The van der Waals surface area contributed by atoms with Crippen molar-refractivity contribution in [2.24, 2.45) is 0 Å². The van der Waals surface area contributed by atoms with Crippen LogP contribution in [0.1, 0.15) is 51.3 Å². The number of aromatic nitrogens is 1. The largest absolute Gasteiger partial charge is 0.452 e. The molecule has 2 heterocycles. The number of hydrogen-bond donors (Lipinski definition) is 1. The van der Waals surface area contributed by atoms with Gasteiger partial charge >= 0.3 is 5.97 Å². The summed E-state index contributed by atoms with van der Waals surface area (Å²) in [7, 11) is 0. The SMILES string of the molecule is Cc1cc(C(=O)OCC(=O)Nc2sc3c(c2C#N)CCCCC3)c2ccccc2n1. The summed E-state index contributed by atoms with van der Waals surface area (Å²) in [5.74, 6) is -1.03. The van der Waals surface area contributed by atoms with Crippen LogP contribution in [0.3, 0.4) is 0 Å². The van der Waals surface area contributed by atoms with Gasteiger partial charge in [0.05, 0.1) is 16.6 Å². The number of aryl methyl sites for hydroxylation is 2. The quantitative estimate of drug-likeness (QED) is 0.495. The number of amides is 1. The van der Waals surface area contributed by atoms with E-state index < -0.39 is 18.5 Å². The van der Waals surface area contributed by atoms with Crippen LogP contribution in [0, 0.1) is 18.3 Å². The minimum atomic E-state index is -0.575. The van der Waals surface area contributed by atoms with Gasteiger partial charge in [-0.2, -0.15) is 5.26 Å². The predicted molar refractivity (Wildman–Crippen MR) is 116 cm³/mol. The number of ether oxygens (including phenoxy) is 1. The maximum Gasteiger partial charge on any atom is 0.339 e. The molecule has 0 unspecified atom stereocenters. The van der Waals surface area contributed by atoms with Gasteiger partial charge in [0.15, 0.2) is 6.61 Å². The van der Waals surface area contributed by atoms with Gasteiger partial charge in [-0.25, -0.2) is 4.79 Å². The van der Waals surface area contributed by atoms with E-state index in [1.54, 1.807) is 19.1 Å². The van der Waals surface area contributed by atoms with E-state index in [0.717, 1.165) is 37.7 Å². The summed E-state index contributed by atoms with van der Waals surface area (Å²) in [5, 5.41) is 13.6. The highest BCUT2D eigenvalue weighted by atomic mass is 32.1. The molecule has 4 rings (SSSR count). The van der Waals surface area contributed by atoms with Crippen LogP contribution in [-0.4, -0.2) is 23.5 Å². The van der Waals surface area contributed by atoms with Crippen molar-refractivity contribution in [3.05, 3.63) is 57.6 Å². The van der Waals surface area contributed by atoms with Crippen LogP contribution in [0.2, 0.25) is 0 Å². The van der Waals surface area contributed by atoms with Gasteiger partial charge in [0, 0.05) is 16.0 Å². The Morgan fingerprint density at radius 1 is 1.23 bits per heavy atom. The molecular formula is C23H21N3O3S. The van der Waals surface area contributed by atoms with Crippen LogP contribution in [0.25, 0.3) is 10.9 Å². The summed E-state index contributed by atoms with van der Waals surface area (Å²) >= 11 is 1.46. The second kappa shape index (κ2) is 8.64. The first-order valence-corrected chi connectivity index (χ1v) is 10.8. The Labute approximate surface area is 178 Å². The van der Waals surface area contributed by atoms with Gasteiger partial charge in [-0.3, -0.25) is 9.78 Å². The molecule has 0 bridgehead atoms. The average Bonchev–Trinajstić information content (AvgIpc) is 2.90. The second-order valence-corrected chi connectivity index (χ2v) is 8.44. The van der Waals surface area contributed by atoms with Crippen molar-refractivity contribution >= 4 is 39.1 Å². The zero-order chi connectivity index (χ0) is 21.1. The highest BCUT2D eigenvalue weighted by molar-refractivity contribution is 7.16. The zero-order valence-corrected chi connectivity index (χ0v) is 17.5. The number of nitrogens with zero attached hydrogens (tertiary/aromatic N) is 2. The molecule has 3 aromatic rings. The third-order valence-electron chi connectivity index (χ3n) is 5.18. The summed E-state index contributed by atoms with van der Waals surface area (Å²) in [5.41, 5.74) is 3.39. The van der Waals surface area contributed by atoms with Gasteiger partial charge in [0.2, 0.25) is 0 Å². The number of benzene rings is 1. The number of hydrogen-bond acceptors (Lipinski definition) is 6. The Balaban J connectivity index is 1.46. The van der Waals surface area contributed by atoms with Crippen LogP contribution in [-0.2, 0) is 22.4 Å². The number of carbonyl (C=O) groups is 2. The Kier molecular flexibility index (Phi) is 5.77. The summed E-state index contributed by atoms with van der Waals surface area (Å²) in [4.78, 5) is 30.6. The van der Waals surface area contributed by atoms with Crippen molar-refractivity contribution in [3.63, 3.8) is 0 Å². The van der Waals surface area contributed by atoms with Crippen LogP contribution in [0.15, 0.2) is 30.3 Å². The molecule has 1 aliphatic carbocycles. The fraction of sp³-hybridized carbons (Fsp3) is 0.304. The summed E-state index contributed by atoms with van der Waals surface area (Å²) in [6, 6.07) is 11.2. The number of rotatable bonds is 4. The van der Waals surface area contributed by atoms with E-state index in [0.29, 0.717) is 32.7 Å². The Morgan fingerprint density at radius 2 is 2.03 bits per heavy atom. The number of pyridine rings is 1. The highest BCUT2D eigenvalue weighted by Crippen LogP contribution is 2.36. The summed E-state index contributed by atoms with van der Waals surface area (Å²) in [6.45, 7) is 1.39. The highest BCUT2D eigenvalue weighted by Gasteiger charge is 2.22. The number of carbonyl (C=O) groups excluding carboxylic acids is 2. The van der Waals surface area contributed by atoms with Crippen LogP contribution in [0.4, 0.5) is 5.00 Å². The lowest BCUT2D eigenvalue weighted by atomic mass is 10.1. The van der Waals surface area contributed by atoms with Crippen molar-refractivity contribution < 1.29 is 14.3 Å². The van der Waals surface area contributed by atoms with Crippen LogP contribution in [0.5, 0.6) is 0 Å². The van der Waals surface area contributed by atoms with E-state index in [2.05, 4.69) is 16.4 Å². The molecule has 0 atom stereocenters. The lowest BCUT2D eigenvalue weighted by Gasteiger charge is -2.09. The summed E-state index contributed by atoms with van der Waals surface area (Å²) in [6.07, 6.45) is 5.13. The molecule has 0 fully saturated rings. The topological polar surface area (TPSA) is 92.1 Å². The van der Waals surface area contributed by atoms with Gasteiger partial charge in [0.25, 0.3) is 5.91 Å². The smallest absolute Gasteiger partial charge is 0.339 e. The van der Waals surface area contributed by atoms with Gasteiger partial charge < -0.3 is 10.1 Å². The number of nitrogens with one attached hydrogen (secondary N) is 1. The molecule has 2 aromatic heterocycles. The van der Waals surface area contributed by atoms with E-state index in [9.17, 15) is 14.9 Å². The first-order valence-electron chi connectivity index (χ1n) is 9.95. The molecule has 1 aliphatic rings. The molecule has 6 nitrogen and oxygen atoms in total. The molecule has 1 aromatic carbocycles. The van der Waals surface area contributed by atoms with E-state index in [-0.39, 0.29) is 0 Å². The second-order valence-electron chi connectivity index (χ2n) is 7.33. The molecular weight excluding hydrogens is 398 g/mol. The number of para-hydroxylation sites is 1. The van der Waals surface area contributed by atoms with Crippen LogP contribution >= 0.6 is 11.3 Å². The minimum Gasteiger partial charge on any atom is -0.452 e. The van der Waals surface area contributed by atoms with Gasteiger partial charge in [-0.05, 0) is 50.3 Å². The predicted octanol–water partition coefficient (Wildman–Crippen LogP) is 4.54. The maximum absolute atomic E-state index is 12.6. The monoisotopic (exact) mass is 419 g/mol. The van der Waals surface area contributed by atoms with Crippen LogP contribution < -0.4 is 5.32 Å². The summed E-state index contributed by atoms with van der Waals surface area (Å²) < 4.78 is 5.26. The molecule has 30 heavy (non-hydrogen) atoms. The molecule has 0 saturated heterocycles. The first-order chi connectivity index (χ1) is 14.6. The van der Waals surface area contributed by atoms with Gasteiger partial charge in [-0.1, -0.05) is 24.6 Å². The minimum absolute atomic E-state index is 0.381. The number of nitriles is 1.